The molecule has 4 unspecified atom stereocenters. The van der Waals surface area contributed by atoms with Crippen molar-refractivity contribution in [3.63, 3.8) is 0 Å². The van der Waals surface area contributed by atoms with Crippen LogP contribution in [-0.4, -0.2) is 48.3 Å². The van der Waals surface area contributed by atoms with E-state index < -0.39 is 0 Å². The van der Waals surface area contributed by atoms with Gasteiger partial charge in [-0.05, 0) is 56.9 Å². The topological polar surface area (TPSA) is 35.5 Å². The van der Waals surface area contributed by atoms with Gasteiger partial charge in [0.1, 0.15) is 0 Å². The average molecular weight is 268 g/mol. The Labute approximate surface area is 118 Å². The highest BCUT2D eigenvalue weighted by molar-refractivity contribution is 4.92. The Balaban J connectivity index is 1.87. The van der Waals surface area contributed by atoms with Crippen molar-refractivity contribution in [1.29, 1.82) is 0 Å². The third-order valence-electron chi connectivity index (χ3n) is 5.06. The molecule has 0 amide bonds. The average Bonchev–Trinajstić information content (AvgIpc) is 2.41. The molecule has 2 N–H and O–H groups in total. The van der Waals surface area contributed by atoms with Crippen molar-refractivity contribution in [2.24, 2.45) is 11.8 Å². The molecule has 2 fully saturated rings. The first-order chi connectivity index (χ1) is 9.24. The van der Waals surface area contributed by atoms with Crippen molar-refractivity contribution in [2.45, 2.75) is 64.5 Å². The molecule has 0 radical (unpaired) electrons. The summed E-state index contributed by atoms with van der Waals surface area (Å²) in [7, 11) is 0. The van der Waals surface area contributed by atoms with Crippen LogP contribution in [0.3, 0.4) is 0 Å². The minimum absolute atomic E-state index is 0.351. The van der Waals surface area contributed by atoms with Gasteiger partial charge in [-0.15, -0.1) is 0 Å². The van der Waals surface area contributed by atoms with Gasteiger partial charge in [0.05, 0.1) is 0 Å². The molecule has 1 heterocycles. The van der Waals surface area contributed by atoms with Crippen molar-refractivity contribution in [3.05, 3.63) is 0 Å². The molecule has 4 atom stereocenters. The lowest BCUT2D eigenvalue weighted by molar-refractivity contribution is 0.0200. The van der Waals surface area contributed by atoms with E-state index in [4.69, 9.17) is 5.11 Å². The zero-order valence-electron chi connectivity index (χ0n) is 12.8. The number of aliphatic hydroxyl groups excluding tert-OH is 1. The number of piperidine rings is 1. The summed E-state index contributed by atoms with van der Waals surface area (Å²) in [4.78, 5) is 2.74. The van der Waals surface area contributed by atoms with Crippen LogP contribution >= 0.6 is 0 Å². The monoisotopic (exact) mass is 268 g/mol. The summed E-state index contributed by atoms with van der Waals surface area (Å²) in [6.45, 7) is 8.64. The van der Waals surface area contributed by atoms with Crippen molar-refractivity contribution < 1.29 is 5.11 Å². The van der Waals surface area contributed by atoms with E-state index in [-0.39, 0.29) is 0 Å². The van der Waals surface area contributed by atoms with Crippen LogP contribution < -0.4 is 5.32 Å². The minimum Gasteiger partial charge on any atom is -0.396 e. The first kappa shape index (κ1) is 15.3. The maximum Gasteiger partial charge on any atom is 0.0431 e. The normalized spacial score (nSPS) is 36.2. The Hall–Kier alpha value is -0.120. The van der Waals surface area contributed by atoms with Gasteiger partial charge in [-0.2, -0.15) is 0 Å². The molecule has 19 heavy (non-hydrogen) atoms. The number of hydrogen-bond acceptors (Lipinski definition) is 3. The fraction of sp³-hybridized carbons (Fsp3) is 1.00. The summed E-state index contributed by atoms with van der Waals surface area (Å²) in [5, 5.41) is 12.8. The second-order valence-corrected chi connectivity index (χ2v) is 6.69. The molecule has 0 bridgehead atoms. The van der Waals surface area contributed by atoms with E-state index in [0.717, 1.165) is 30.8 Å². The Morgan fingerprint density at radius 3 is 2.68 bits per heavy atom. The molecule has 1 saturated carbocycles. The Morgan fingerprint density at radius 1 is 1.26 bits per heavy atom. The Bertz CT molecular complexity index is 243. The summed E-state index contributed by atoms with van der Waals surface area (Å²) in [5.41, 5.74) is 0. The standard InChI is InChI=1S/C16H32N2O/c1-3-8-17-15-10-14(5-4-9-19)11-18(12-15)16-7-6-13(16)2/h13-17,19H,3-12H2,1-2H3. The highest BCUT2D eigenvalue weighted by Gasteiger charge is 2.37. The summed E-state index contributed by atoms with van der Waals surface area (Å²) in [5.74, 6) is 1.67. The van der Waals surface area contributed by atoms with Gasteiger partial charge in [0.25, 0.3) is 0 Å². The molecule has 0 spiro atoms. The second-order valence-electron chi connectivity index (χ2n) is 6.69. The van der Waals surface area contributed by atoms with Crippen LogP contribution in [0.2, 0.25) is 0 Å². The zero-order valence-corrected chi connectivity index (χ0v) is 12.8. The molecule has 1 saturated heterocycles. The summed E-state index contributed by atoms with van der Waals surface area (Å²) in [6, 6.07) is 1.51. The van der Waals surface area contributed by atoms with Crippen molar-refractivity contribution >= 4 is 0 Å². The largest absolute Gasteiger partial charge is 0.396 e. The quantitative estimate of drug-likeness (QED) is 0.743. The smallest absolute Gasteiger partial charge is 0.0431 e. The molecule has 1 aliphatic heterocycles. The Morgan fingerprint density at radius 2 is 2.11 bits per heavy atom. The highest BCUT2D eigenvalue weighted by Crippen LogP contribution is 2.35. The van der Waals surface area contributed by atoms with Crippen LogP contribution in [-0.2, 0) is 0 Å². The van der Waals surface area contributed by atoms with E-state index in [9.17, 15) is 0 Å². The van der Waals surface area contributed by atoms with Gasteiger partial charge >= 0.3 is 0 Å². The number of rotatable bonds is 7. The van der Waals surface area contributed by atoms with Crippen LogP contribution in [0.5, 0.6) is 0 Å². The van der Waals surface area contributed by atoms with Crippen LogP contribution in [0.4, 0.5) is 0 Å². The maximum atomic E-state index is 9.05. The minimum atomic E-state index is 0.351. The van der Waals surface area contributed by atoms with Crippen LogP contribution in [0.1, 0.15) is 52.4 Å². The summed E-state index contributed by atoms with van der Waals surface area (Å²) in [6.07, 6.45) is 7.50. The van der Waals surface area contributed by atoms with E-state index in [1.54, 1.807) is 0 Å². The first-order valence-electron chi connectivity index (χ1n) is 8.32. The lowest BCUT2D eigenvalue weighted by Gasteiger charge is -2.48. The molecule has 1 aliphatic carbocycles. The summed E-state index contributed by atoms with van der Waals surface area (Å²) >= 11 is 0. The van der Waals surface area contributed by atoms with Gasteiger partial charge in [0.2, 0.25) is 0 Å². The third kappa shape index (κ3) is 4.17. The summed E-state index contributed by atoms with van der Waals surface area (Å²) < 4.78 is 0. The molecule has 3 nitrogen and oxygen atoms in total. The molecular weight excluding hydrogens is 236 g/mol. The molecule has 0 aromatic heterocycles. The first-order valence-corrected chi connectivity index (χ1v) is 8.32. The maximum absolute atomic E-state index is 9.05. The van der Waals surface area contributed by atoms with Crippen LogP contribution in [0.15, 0.2) is 0 Å². The highest BCUT2D eigenvalue weighted by atomic mass is 16.2. The van der Waals surface area contributed by atoms with Crippen molar-refractivity contribution in [1.82, 2.24) is 10.2 Å². The number of aliphatic hydroxyl groups is 1. The fourth-order valence-corrected chi connectivity index (χ4v) is 3.79. The molecule has 0 aromatic rings. The number of hydrogen-bond donors (Lipinski definition) is 2. The molecular formula is C16H32N2O. The van der Waals surface area contributed by atoms with Gasteiger partial charge in [0.15, 0.2) is 0 Å². The van der Waals surface area contributed by atoms with Crippen molar-refractivity contribution in [2.75, 3.05) is 26.2 Å². The van der Waals surface area contributed by atoms with E-state index in [2.05, 4.69) is 24.1 Å². The van der Waals surface area contributed by atoms with Gasteiger partial charge in [-0.3, -0.25) is 4.90 Å². The molecule has 0 aromatic carbocycles. The third-order valence-corrected chi connectivity index (χ3v) is 5.06. The molecule has 2 aliphatic rings. The molecule has 112 valence electrons. The van der Waals surface area contributed by atoms with Gasteiger partial charge in [-0.25, -0.2) is 0 Å². The number of likely N-dealkylation sites (tertiary alicyclic amines) is 1. The van der Waals surface area contributed by atoms with E-state index in [0.29, 0.717) is 12.6 Å². The van der Waals surface area contributed by atoms with Crippen LogP contribution in [0.25, 0.3) is 0 Å². The van der Waals surface area contributed by atoms with Gasteiger partial charge in [-0.1, -0.05) is 13.8 Å². The predicted molar refractivity (Wildman–Crippen MR) is 80.3 cm³/mol. The van der Waals surface area contributed by atoms with Gasteiger partial charge in [0, 0.05) is 31.8 Å². The lowest BCUT2D eigenvalue weighted by atomic mass is 9.77. The lowest BCUT2D eigenvalue weighted by Crippen LogP contribution is -2.56. The fourth-order valence-electron chi connectivity index (χ4n) is 3.79. The van der Waals surface area contributed by atoms with Crippen LogP contribution in [0, 0.1) is 11.8 Å². The van der Waals surface area contributed by atoms with E-state index in [1.165, 1.54) is 45.2 Å². The predicted octanol–water partition coefficient (Wildman–Crippen LogP) is 2.25. The Kier molecular flexibility index (Phi) is 6.11. The SMILES string of the molecule is CCCNC1CC(CCCO)CN(C2CCC2C)C1. The van der Waals surface area contributed by atoms with Gasteiger partial charge < -0.3 is 10.4 Å². The molecule has 3 heteroatoms. The molecule has 2 rings (SSSR count). The number of nitrogens with one attached hydrogen (secondary N) is 1. The number of nitrogens with zero attached hydrogens (tertiary/aromatic N) is 1. The van der Waals surface area contributed by atoms with E-state index in [1.807, 2.05) is 0 Å². The van der Waals surface area contributed by atoms with Crippen molar-refractivity contribution in [3.8, 4) is 0 Å². The van der Waals surface area contributed by atoms with E-state index >= 15 is 0 Å². The second kappa shape index (κ2) is 7.61. The zero-order chi connectivity index (χ0) is 13.7.